The van der Waals surface area contributed by atoms with Crippen LogP contribution in [-0.4, -0.2) is 20.3 Å². The highest BCUT2D eigenvalue weighted by atomic mass is 79.9. The van der Waals surface area contributed by atoms with E-state index in [0.29, 0.717) is 23.3 Å². The largest absolute Gasteiger partial charge is 0.240 e. The van der Waals surface area contributed by atoms with E-state index in [1.54, 1.807) is 18.2 Å². The fourth-order valence-corrected chi connectivity index (χ4v) is 5.06. The Kier molecular flexibility index (Phi) is 5.45. The first kappa shape index (κ1) is 15.5. The number of rotatable bonds is 5. The van der Waals surface area contributed by atoms with Crippen LogP contribution in [0.2, 0.25) is 0 Å². The molecule has 19 heavy (non-hydrogen) atoms. The summed E-state index contributed by atoms with van der Waals surface area (Å²) in [7, 11) is -3.40. The molecule has 0 aliphatic heterocycles. The van der Waals surface area contributed by atoms with Crippen molar-refractivity contribution in [3.63, 3.8) is 0 Å². The number of nitrogens with one attached hydrogen (secondary N) is 1. The third-order valence-corrected chi connectivity index (χ3v) is 6.40. The summed E-state index contributed by atoms with van der Waals surface area (Å²) in [6, 6.07) is 6.79. The van der Waals surface area contributed by atoms with Gasteiger partial charge in [0.05, 0.1) is 4.90 Å². The lowest BCUT2D eigenvalue weighted by Crippen LogP contribution is -2.31. The van der Waals surface area contributed by atoms with E-state index < -0.39 is 10.0 Å². The van der Waals surface area contributed by atoms with Gasteiger partial charge in [-0.1, -0.05) is 44.3 Å². The maximum absolute atomic E-state index is 12.2. The summed E-state index contributed by atoms with van der Waals surface area (Å²) in [5, 5.41) is 0.955. The van der Waals surface area contributed by atoms with Crippen molar-refractivity contribution in [2.45, 2.75) is 24.2 Å². The van der Waals surface area contributed by atoms with Gasteiger partial charge in [0.1, 0.15) is 0 Å². The fourth-order valence-electron chi connectivity index (χ4n) is 2.52. The summed E-state index contributed by atoms with van der Waals surface area (Å²) in [5.41, 5.74) is 0. The van der Waals surface area contributed by atoms with Crippen molar-refractivity contribution < 1.29 is 8.42 Å². The highest BCUT2D eigenvalue weighted by molar-refractivity contribution is 9.10. The lowest BCUT2D eigenvalue weighted by atomic mass is 9.99. The number of alkyl halides is 1. The predicted molar refractivity (Wildman–Crippen MR) is 84.0 cm³/mol. The van der Waals surface area contributed by atoms with Crippen LogP contribution in [0.1, 0.15) is 19.3 Å². The van der Waals surface area contributed by atoms with Crippen molar-refractivity contribution in [3.05, 3.63) is 28.7 Å². The van der Waals surface area contributed by atoms with Crippen molar-refractivity contribution in [1.29, 1.82) is 0 Å². The van der Waals surface area contributed by atoms with Crippen molar-refractivity contribution >= 4 is 41.9 Å². The third-order valence-electron chi connectivity index (χ3n) is 3.66. The van der Waals surface area contributed by atoms with Crippen LogP contribution in [0, 0.1) is 11.8 Å². The Balaban J connectivity index is 2.02. The minimum absolute atomic E-state index is 0.315. The van der Waals surface area contributed by atoms with Gasteiger partial charge < -0.3 is 0 Å². The molecule has 0 saturated heterocycles. The van der Waals surface area contributed by atoms with Crippen molar-refractivity contribution in [1.82, 2.24) is 4.72 Å². The average Bonchev–Trinajstić information content (AvgIpc) is 2.84. The summed E-state index contributed by atoms with van der Waals surface area (Å²) in [6.07, 6.45) is 3.49. The lowest BCUT2D eigenvalue weighted by Gasteiger charge is -2.17. The zero-order valence-corrected chi connectivity index (χ0v) is 14.5. The molecule has 106 valence electrons. The molecule has 0 bridgehead atoms. The van der Waals surface area contributed by atoms with Gasteiger partial charge in [-0.25, -0.2) is 13.1 Å². The Morgan fingerprint density at radius 2 is 2.00 bits per heavy atom. The summed E-state index contributed by atoms with van der Waals surface area (Å²) in [6.45, 7) is 0.533. The van der Waals surface area contributed by atoms with Crippen LogP contribution < -0.4 is 4.72 Å². The van der Waals surface area contributed by atoms with E-state index >= 15 is 0 Å². The maximum Gasteiger partial charge on any atom is 0.240 e. The highest BCUT2D eigenvalue weighted by Gasteiger charge is 2.27. The molecule has 1 aliphatic carbocycles. The number of benzene rings is 1. The minimum atomic E-state index is -3.40. The Morgan fingerprint density at radius 1 is 1.26 bits per heavy atom. The average molecular weight is 411 g/mol. The van der Waals surface area contributed by atoms with Gasteiger partial charge in [0.2, 0.25) is 10.0 Å². The normalized spacial score (nSPS) is 23.7. The quantitative estimate of drug-likeness (QED) is 0.754. The molecule has 0 amide bonds. The smallest absolute Gasteiger partial charge is 0.211 e. The first-order valence-corrected chi connectivity index (χ1v) is 9.74. The molecule has 1 aromatic rings. The number of halogens is 2. The first-order chi connectivity index (χ1) is 9.03. The number of sulfonamides is 1. The van der Waals surface area contributed by atoms with Crippen molar-refractivity contribution in [2.75, 3.05) is 11.9 Å². The summed E-state index contributed by atoms with van der Waals surface area (Å²) >= 11 is 6.80. The van der Waals surface area contributed by atoms with Gasteiger partial charge in [0.15, 0.2) is 0 Å². The molecular formula is C13H17Br2NO2S. The maximum atomic E-state index is 12.2. The summed E-state index contributed by atoms with van der Waals surface area (Å²) in [5.74, 6) is 1.03. The minimum Gasteiger partial charge on any atom is -0.211 e. The van der Waals surface area contributed by atoms with Gasteiger partial charge in [0, 0.05) is 16.3 Å². The third kappa shape index (κ3) is 4.03. The topological polar surface area (TPSA) is 46.2 Å². The van der Waals surface area contributed by atoms with Crippen LogP contribution in [0.15, 0.2) is 33.6 Å². The van der Waals surface area contributed by atoms with E-state index in [2.05, 4.69) is 36.6 Å². The lowest BCUT2D eigenvalue weighted by molar-refractivity contribution is 0.422. The molecule has 2 atom stereocenters. The number of hydrogen-bond acceptors (Lipinski definition) is 2. The molecule has 6 heteroatoms. The van der Waals surface area contributed by atoms with E-state index in [0.717, 1.165) is 16.2 Å². The molecule has 1 fully saturated rings. The van der Waals surface area contributed by atoms with Crippen LogP contribution in [0.4, 0.5) is 0 Å². The van der Waals surface area contributed by atoms with Gasteiger partial charge in [-0.3, -0.25) is 0 Å². The van der Waals surface area contributed by atoms with Gasteiger partial charge in [-0.05, 0) is 42.9 Å². The molecule has 2 rings (SSSR count). The monoisotopic (exact) mass is 409 g/mol. The van der Waals surface area contributed by atoms with Crippen LogP contribution in [0.5, 0.6) is 0 Å². The van der Waals surface area contributed by atoms with E-state index in [1.807, 2.05) is 6.07 Å². The van der Waals surface area contributed by atoms with E-state index in [9.17, 15) is 8.42 Å². The predicted octanol–water partition coefficient (Wildman–Crippen LogP) is 3.54. The van der Waals surface area contributed by atoms with Gasteiger partial charge in [0.25, 0.3) is 0 Å². The van der Waals surface area contributed by atoms with E-state index in [4.69, 9.17) is 0 Å². The van der Waals surface area contributed by atoms with Gasteiger partial charge in [-0.15, -0.1) is 0 Å². The number of hydrogen-bond donors (Lipinski definition) is 1. The molecule has 1 N–H and O–H groups in total. The molecule has 0 radical (unpaired) electrons. The van der Waals surface area contributed by atoms with Gasteiger partial charge in [-0.2, -0.15) is 0 Å². The SMILES string of the molecule is O=S(=O)(NCC1CCCC1CBr)c1cccc(Br)c1. The molecule has 1 aromatic carbocycles. The van der Waals surface area contributed by atoms with Crippen molar-refractivity contribution in [3.8, 4) is 0 Å². The Hall–Kier alpha value is 0.0900. The molecule has 3 nitrogen and oxygen atoms in total. The fraction of sp³-hybridized carbons (Fsp3) is 0.538. The van der Waals surface area contributed by atoms with Crippen molar-refractivity contribution in [2.24, 2.45) is 11.8 Å². The second-order valence-electron chi connectivity index (χ2n) is 4.91. The van der Waals surface area contributed by atoms with Crippen LogP contribution in [-0.2, 0) is 10.0 Å². The summed E-state index contributed by atoms with van der Waals surface area (Å²) in [4.78, 5) is 0.315. The van der Waals surface area contributed by atoms with Crippen LogP contribution in [0.3, 0.4) is 0 Å². The van der Waals surface area contributed by atoms with E-state index in [1.165, 1.54) is 12.8 Å². The zero-order valence-electron chi connectivity index (χ0n) is 10.5. The standard InChI is InChI=1S/C13H17Br2NO2S/c14-8-10-3-1-4-11(10)9-16-19(17,18)13-6-2-5-12(15)7-13/h2,5-7,10-11,16H,1,3-4,8-9H2. The molecule has 1 saturated carbocycles. The summed E-state index contributed by atoms with van der Waals surface area (Å²) < 4.78 is 27.9. The van der Waals surface area contributed by atoms with Gasteiger partial charge >= 0.3 is 0 Å². The molecular weight excluding hydrogens is 394 g/mol. The molecule has 2 unspecified atom stereocenters. The van der Waals surface area contributed by atoms with E-state index in [-0.39, 0.29) is 0 Å². The molecule has 1 aliphatic rings. The molecule has 0 spiro atoms. The van der Waals surface area contributed by atoms with Crippen LogP contribution in [0.25, 0.3) is 0 Å². The zero-order chi connectivity index (χ0) is 13.9. The Bertz CT molecular complexity index is 533. The molecule has 0 aromatic heterocycles. The second-order valence-corrected chi connectivity index (χ2v) is 8.24. The van der Waals surface area contributed by atoms with Crippen LogP contribution >= 0.6 is 31.9 Å². The second kappa shape index (κ2) is 6.70. The molecule has 0 heterocycles. The Labute approximate surface area is 131 Å². The highest BCUT2D eigenvalue weighted by Crippen LogP contribution is 2.32. The first-order valence-electron chi connectivity index (χ1n) is 6.34. The Morgan fingerprint density at radius 3 is 2.68 bits per heavy atom.